The highest BCUT2D eigenvalue weighted by molar-refractivity contribution is 9.09. The molecule has 4 aliphatic heterocycles. The number of nitrogens with zero attached hydrogens (tertiary/aromatic N) is 6. The van der Waals surface area contributed by atoms with Crippen molar-refractivity contribution in [2.24, 2.45) is 43.7 Å². The van der Waals surface area contributed by atoms with E-state index < -0.39 is 63.6 Å². The summed E-state index contributed by atoms with van der Waals surface area (Å²) >= 11 is 3.64. The van der Waals surface area contributed by atoms with Crippen LogP contribution in [0.3, 0.4) is 0 Å². The number of rotatable bonds is 4. The number of aliphatic hydroxyl groups excluding tert-OH is 7. The quantitative estimate of drug-likeness (QED) is 0.0688. The minimum atomic E-state index is -1.18. The summed E-state index contributed by atoms with van der Waals surface area (Å²) in [6, 6.07) is -1.30. The monoisotopic (exact) mass is 844 g/mol. The molecule has 10 rings (SSSR count). The summed E-state index contributed by atoms with van der Waals surface area (Å²) in [5, 5.41) is 82.2. The van der Waals surface area contributed by atoms with Crippen molar-refractivity contribution >= 4 is 15.9 Å². The van der Waals surface area contributed by atoms with Crippen LogP contribution in [0, 0.1) is 33.5 Å². The molecule has 2 saturated heterocycles. The van der Waals surface area contributed by atoms with Crippen LogP contribution in [0.4, 0.5) is 0 Å². The third-order valence-electron chi connectivity index (χ3n) is 18.1. The van der Waals surface area contributed by atoms with Gasteiger partial charge in [0.25, 0.3) is 0 Å². The smallest absolute Gasteiger partial charge is 0.104 e. The molecule has 15 nitrogen and oxygen atoms in total. The van der Waals surface area contributed by atoms with E-state index in [-0.39, 0.29) is 52.9 Å². The third-order valence-corrected chi connectivity index (χ3v) is 19.2. The van der Waals surface area contributed by atoms with Crippen molar-refractivity contribution in [3.05, 3.63) is 44.2 Å². The molecule has 10 aliphatic rings. The Morgan fingerprint density at radius 3 is 1.57 bits per heavy atom. The number of fused-ring (bicyclic) bond motifs is 2. The second-order valence-corrected chi connectivity index (χ2v) is 20.9. The molecule has 0 unspecified atom stereocenters. The molecule has 0 aromatic rings. The SMILES string of the molecule is C[C@]12CC[C@]3(CO)C=C4[C@@H](O)[C@H](O)[C@@H](N=[N+]=[N-])C[C@]45CC[C@]3(O5)[C@@H]1CC[C@@H]2O.C[C@]12CC[C@]3(CO)C=C4[C@H](Br)[C@H](O)[C@@H](N=[N+]=[N-])C[C@]45CC[C@]3(O5)[C@@H]1CC[C@@H]2O. The van der Waals surface area contributed by atoms with E-state index in [9.17, 15) is 35.7 Å². The average Bonchev–Trinajstić information content (AvgIpc) is 3.89. The Hall–Kier alpha value is -1.78. The van der Waals surface area contributed by atoms with E-state index in [1.807, 2.05) is 6.08 Å². The Kier molecular flexibility index (Phi) is 9.11. The topological polar surface area (TPSA) is 258 Å². The van der Waals surface area contributed by atoms with Crippen molar-refractivity contribution in [2.45, 2.75) is 174 Å². The summed E-state index contributed by atoms with van der Waals surface area (Å²) in [4.78, 5) is 5.43. The molecule has 6 aliphatic carbocycles. The molecular weight excluding hydrogens is 788 g/mol. The normalized spacial score (nSPS) is 56.9. The predicted molar refractivity (Wildman–Crippen MR) is 205 cm³/mol. The molecule has 18 atom stereocenters. The highest BCUT2D eigenvalue weighted by Gasteiger charge is 2.76. The molecule has 4 spiro atoms. The molecule has 6 saturated carbocycles. The summed E-state index contributed by atoms with van der Waals surface area (Å²) in [6.07, 6.45) is 10.5. The van der Waals surface area contributed by atoms with Gasteiger partial charge in [-0.25, -0.2) is 0 Å². The Bertz CT molecular complexity index is 1700. The van der Waals surface area contributed by atoms with Crippen LogP contribution in [0.2, 0.25) is 0 Å². The van der Waals surface area contributed by atoms with E-state index in [0.717, 1.165) is 69.8 Å². The van der Waals surface area contributed by atoms with E-state index >= 15 is 0 Å². The van der Waals surface area contributed by atoms with Crippen LogP contribution >= 0.6 is 15.9 Å². The molecule has 0 radical (unpaired) electrons. The number of hydrogen-bond acceptors (Lipinski definition) is 11. The molecule has 0 amide bonds. The van der Waals surface area contributed by atoms with E-state index in [0.29, 0.717) is 31.3 Å². The Balaban J connectivity index is 0.000000146. The highest BCUT2D eigenvalue weighted by atomic mass is 79.9. The first kappa shape index (κ1) is 39.7. The number of aliphatic hydroxyl groups is 7. The summed E-state index contributed by atoms with van der Waals surface area (Å²) < 4.78 is 13.9. The van der Waals surface area contributed by atoms with Crippen LogP contribution in [0.25, 0.3) is 20.9 Å². The minimum Gasteiger partial charge on any atom is -0.395 e. The van der Waals surface area contributed by atoms with Crippen LogP contribution in [0.15, 0.2) is 33.5 Å². The second-order valence-electron chi connectivity index (χ2n) is 19.9. The Morgan fingerprint density at radius 2 is 1.11 bits per heavy atom. The Morgan fingerprint density at radius 1 is 0.661 bits per heavy atom. The summed E-state index contributed by atoms with van der Waals surface area (Å²) in [5.74, 6) is 0.307. The predicted octanol–water partition coefficient (Wildman–Crippen LogP) is 4.54. The van der Waals surface area contributed by atoms with E-state index in [4.69, 9.17) is 20.5 Å². The zero-order valence-corrected chi connectivity index (χ0v) is 33.8. The van der Waals surface area contributed by atoms with Crippen molar-refractivity contribution in [1.82, 2.24) is 0 Å². The Labute approximate surface area is 334 Å². The fourth-order valence-corrected chi connectivity index (χ4v) is 15.9. The van der Waals surface area contributed by atoms with E-state index in [1.165, 1.54) is 0 Å². The molecule has 0 aromatic heterocycles. The number of hydrogen-bond donors (Lipinski definition) is 7. The summed E-state index contributed by atoms with van der Waals surface area (Å²) in [5.41, 5.74) is 15.5. The molecule has 16 heteroatoms. The first-order valence-electron chi connectivity index (χ1n) is 20.8. The largest absolute Gasteiger partial charge is 0.395 e. The molecule has 4 bridgehead atoms. The number of alkyl halides is 1. The van der Waals surface area contributed by atoms with Crippen molar-refractivity contribution < 1.29 is 45.2 Å². The van der Waals surface area contributed by atoms with Gasteiger partial charge in [0.05, 0.1) is 76.9 Å². The minimum absolute atomic E-state index is 0.00481. The maximum atomic E-state index is 10.9. The third kappa shape index (κ3) is 4.73. The molecule has 4 heterocycles. The molecule has 7 N–H and O–H groups in total. The highest BCUT2D eigenvalue weighted by Crippen LogP contribution is 2.74. The lowest BCUT2D eigenvalue weighted by Crippen LogP contribution is -2.67. The summed E-state index contributed by atoms with van der Waals surface area (Å²) in [6.45, 7) is 4.24. The van der Waals surface area contributed by atoms with Gasteiger partial charge < -0.3 is 45.2 Å². The van der Waals surface area contributed by atoms with Gasteiger partial charge >= 0.3 is 0 Å². The second kappa shape index (κ2) is 12.9. The van der Waals surface area contributed by atoms with Gasteiger partial charge in [-0.2, -0.15) is 0 Å². The molecular formula is C40H57BrN6O9. The lowest BCUT2D eigenvalue weighted by atomic mass is 9.50. The van der Waals surface area contributed by atoms with E-state index in [1.54, 1.807) is 0 Å². The lowest BCUT2D eigenvalue weighted by molar-refractivity contribution is -0.250. The molecule has 8 fully saturated rings. The van der Waals surface area contributed by atoms with Gasteiger partial charge in [0, 0.05) is 20.7 Å². The van der Waals surface area contributed by atoms with Crippen LogP contribution in [-0.4, -0.2) is 119 Å². The first-order chi connectivity index (χ1) is 26.5. The zero-order chi connectivity index (χ0) is 39.9. The lowest BCUT2D eigenvalue weighted by Gasteiger charge is -2.63. The fraction of sp³-hybridized carbons (Fsp3) is 0.900. The van der Waals surface area contributed by atoms with Gasteiger partial charge in [0.15, 0.2) is 0 Å². The number of ether oxygens (including phenoxy) is 2. The van der Waals surface area contributed by atoms with Crippen LogP contribution in [0.1, 0.15) is 104 Å². The summed E-state index contributed by atoms with van der Waals surface area (Å²) in [7, 11) is 0. The van der Waals surface area contributed by atoms with Crippen LogP contribution in [-0.2, 0) is 9.47 Å². The van der Waals surface area contributed by atoms with Crippen molar-refractivity contribution in [3.63, 3.8) is 0 Å². The van der Waals surface area contributed by atoms with Crippen molar-refractivity contribution in [2.75, 3.05) is 13.2 Å². The van der Waals surface area contributed by atoms with Gasteiger partial charge in [-0.05, 0) is 135 Å². The maximum absolute atomic E-state index is 10.9. The average molecular weight is 846 g/mol. The first-order valence-corrected chi connectivity index (χ1v) is 21.7. The van der Waals surface area contributed by atoms with Gasteiger partial charge in [-0.15, -0.1) is 0 Å². The van der Waals surface area contributed by atoms with Gasteiger partial charge in [0.2, 0.25) is 0 Å². The van der Waals surface area contributed by atoms with Crippen LogP contribution < -0.4 is 0 Å². The van der Waals surface area contributed by atoms with Gasteiger partial charge in [0.1, 0.15) is 6.10 Å². The molecule has 0 aromatic carbocycles. The van der Waals surface area contributed by atoms with Gasteiger partial charge in [-0.3, -0.25) is 0 Å². The zero-order valence-electron chi connectivity index (χ0n) is 32.3. The van der Waals surface area contributed by atoms with Crippen molar-refractivity contribution in [3.8, 4) is 0 Å². The van der Waals surface area contributed by atoms with Gasteiger partial charge in [-0.1, -0.05) is 52.2 Å². The standard InChI is InChI=1S/C20H28BrN3O4.C20H29N3O5/c1-17-4-5-18(10-25)8-11-15(21)16(27)12(23-24-22)9-19(11)6-7-20(18,28-19)13(17)2-3-14(17)26;1-17-4-5-18(10-24)8-11-15(26)16(27)12(22-23-21)9-19(11)6-7-20(18,28-19)13(17)2-3-14(17)25/h8,12-16,25-27H,2-7,9-10H2,1H3;8,12-16,24-27H,2-7,9-10H2,1H3/t12-,13+,14-,15-,16+,17-,18+,19+,20-;12-,13+,14-,15+,16+,17-,18+,19+,20-/m00/s1. The molecule has 56 heavy (non-hydrogen) atoms. The van der Waals surface area contributed by atoms with E-state index in [2.05, 4.69) is 55.9 Å². The van der Waals surface area contributed by atoms with Crippen LogP contribution in [0.5, 0.6) is 0 Å². The fourth-order valence-electron chi connectivity index (χ4n) is 15.0. The maximum Gasteiger partial charge on any atom is 0.104 e. The number of halogens is 1. The molecule has 308 valence electrons. The number of azide groups is 2. The van der Waals surface area contributed by atoms with Crippen molar-refractivity contribution in [1.29, 1.82) is 0 Å².